The molecule has 0 atom stereocenters. The normalized spacial score (nSPS) is 13.1. The number of aryl methyl sites for hydroxylation is 1. The van der Waals surface area contributed by atoms with Crippen molar-refractivity contribution >= 4 is 34.0 Å². The number of carbonyl (C=O) groups is 3. The maximum atomic E-state index is 12.6. The molecule has 1 aromatic heterocycles. The number of carbonyl (C=O) groups excluding carboxylic acids is 3. The summed E-state index contributed by atoms with van der Waals surface area (Å²) in [5.74, 6) is -0.305. The number of esters is 1. The Balaban J connectivity index is 1.67. The Kier molecular flexibility index (Phi) is 5.60. The van der Waals surface area contributed by atoms with Gasteiger partial charge in [0.15, 0.2) is 12.4 Å². The highest BCUT2D eigenvalue weighted by molar-refractivity contribution is 7.16. The number of rotatable bonds is 7. The summed E-state index contributed by atoms with van der Waals surface area (Å²) in [5, 5.41) is 3.32. The van der Waals surface area contributed by atoms with Gasteiger partial charge < -0.3 is 14.8 Å². The zero-order valence-corrected chi connectivity index (χ0v) is 16.3. The summed E-state index contributed by atoms with van der Waals surface area (Å²) in [6, 6.07) is 6.59. The molecule has 0 radical (unpaired) electrons. The molecule has 27 heavy (non-hydrogen) atoms. The second-order valence-corrected chi connectivity index (χ2v) is 7.70. The lowest BCUT2D eigenvalue weighted by Gasteiger charge is -2.08. The minimum atomic E-state index is -0.607. The van der Waals surface area contributed by atoms with Crippen LogP contribution in [0.15, 0.2) is 24.3 Å². The van der Waals surface area contributed by atoms with E-state index >= 15 is 0 Å². The van der Waals surface area contributed by atoms with Crippen molar-refractivity contribution in [3.63, 3.8) is 0 Å². The summed E-state index contributed by atoms with van der Waals surface area (Å²) in [5.41, 5.74) is 1.52. The Morgan fingerprint density at radius 3 is 2.41 bits per heavy atom. The maximum Gasteiger partial charge on any atom is 0.341 e. The van der Waals surface area contributed by atoms with E-state index < -0.39 is 5.97 Å². The van der Waals surface area contributed by atoms with E-state index in [0.29, 0.717) is 21.9 Å². The monoisotopic (exact) mass is 387 g/mol. The van der Waals surface area contributed by atoms with Gasteiger partial charge in [0.05, 0.1) is 12.7 Å². The lowest BCUT2D eigenvalue weighted by atomic mass is 10.1. The number of Topliss-reactive ketones (excluding diaryl/α,β-unsaturated/α-hetero) is 1. The number of methoxy groups -OCH3 is 1. The molecule has 6 nitrogen and oxygen atoms in total. The van der Waals surface area contributed by atoms with Crippen LogP contribution in [-0.4, -0.2) is 31.4 Å². The standard InChI is InChI=1S/C20H21NO5S/c1-11-12(2)27-19(21-18(23)14-4-5-14)17(11)20(24)26-10-16(22)13-6-8-15(25-3)9-7-13/h6-9,14H,4-5,10H2,1-3H3,(H,21,23). The average Bonchev–Trinajstić information content (AvgIpc) is 3.47. The molecular formula is C20H21NO5S. The Bertz CT molecular complexity index is 881. The van der Waals surface area contributed by atoms with Gasteiger partial charge in [0.2, 0.25) is 5.91 Å². The molecule has 0 aliphatic heterocycles. The van der Waals surface area contributed by atoms with Crippen molar-refractivity contribution in [3.05, 3.63) is 45.8 Å². The minimum Gasteiger partial charge on any atom is -0.497 e. The van der Waals surface area contributed by atoms with E-state index in [4.69, 9.17) is 9.47 Å². The first-order valence-electron chi connectivity index (χ1n) is 8.66. The molecule has 142 valence electrons. The Labute approximate surface area is 161 Å². The second-order valence-electron chi connectivity index (χ2n) is 6.48. The van der Waals surface area contributed by atoms with E-state index in [1.165, 1.54) is 11.3 Å². The van der Waals surface area contributed by atoms with E-state index in [-0.39, 0.29) is 24.2 Å². The molecule has 1 heterocycles. The molecule has 1 aliphatic carbocycles. The number of ether oxygens (including phenoxy) is 2. The molecular weight excluding hydrogens is 366 g/mol. The number of thiophene rings is 1. The number of anilines is 1. The van der Waals surface area contributed by atoms with Crippen LogP contribution in [0.4, 0.5) is 5.00 Å². The Morgan fingerprint density at radius 1 is 1.15 bits per heavy atom. The smallest absolute Gasteiger partial charge is 0.341 e. The van der Waals surface area contributed by atoms with Gasteiger partial charge >= 0.3 is 5.97 Å². The third-order valence-electron chi connectivity index (χ3n) is 4.52. The van der Waals surface area contributed by atoms with Gasteiger partial charge in [0.1, 0.15) is 10.8 Å². The van der Waals surface area contributed by atoms with Gasteiger partial charge in [0, 0.05) is 16.4 Å². The summed E-state index contributed by atoms with van der Waals surface area (Å²) in [4.78, 5) is 37.8. The van der Waals surface area contributed by atoms with Gasteiger partial charge in [-0.2, -0.15) is 0 Å². The van der Waals surface area contributed by atoms with Crippen LogP contribution >= 0.6 is 11.3 Å². The topological polar surface area (TPSA) is 81.7 Å². The second kappa shape index (κ2) is 7.92. The summed E-state index contributed by atoms with van der Waals surface area (Å²) < 4.78 is 10.3. The number of benzene rings is 1. The Morgan fingerprint density at radius 2 is 1.81 bits per heavy atom. The average molecular weight is 387 g/mol. The van der Waals surface area contributed by atoms with Crippen LogP contribution in [-0.2, 0) is 9.53 Å². The SMILES string of the molecule is COc1ccc(C(=O)COC(=O)c2c(NC(=O)C3CC3)sc(C)c2C)cc1. The molecule has 1 N–H and O–H groups in total. The van der Waals surface area contributed by atoms with Gasteiger partial charge in [-0.15, -0.1) is 11.3 Å². The summed E-state index contributed by atoms with van der Waals surface area (Å²) in [6.07, 6.45) is 1.76. The quantitative estimate of drug-likeness (QED) is 0.578. The van der Waals surface area contributed by atoms with E-state index in [9.17, 15) is 14.4 Å². The lowest BCUT2D eigenvalue weighted by Crippen LogP contribution is -2.18. The molecule has 3 rings (SSSR count). The van der Waals surface area contributed by atoms with E-state index in [2.05, 4.69) is 5.32 Å². The largest absolute Gasteiger partial charge is 0.497 e. The maximum absolute atomic E-state index is 12.6. The van der Waals surface area contributed by atoms with E-state index in [1.54, 1.807) is 38.3 Å². The van der Waals surface area contributed by atoms with Crippen LogP contribution in [0.2, 0.25) is 0 Å². The third kappa shape index (κ3) is 4.36. The first kappa shape index (κ1) is 19.1. The summed E-state index contributed by atoms with van der Waals surface area (Å²) in [7, 11) is 1.55. The molecule has 2 aromatic rings. The fraction of sp³-hybridized carbons (Fsp3) is 0.350. The highest BCUT2D eigenvalue weighted by Gasteiger charge is 2.31. The molecule has 1 amide bonds. The first-order chi connectivity index (χ1) is 12.9. The first-order valence-corrected chi connectivity index (χ1v) is 9.47. The van der Waals surface area contributed by atoms with Crippen LogP contribution in [0, 0.1) is 19.8 Å². The van der Waals surface area contributed by atoms with E-state index in [0.717, 1.165) is 23.3 Å². The molecule has 0 saturated heterocycles. The molecule has 0 spiro atoms. The molecule has 1 saturated carbocycles. The summed E-state index contributed by atoms with van der Waals surface area (Å²) in [6.45, 7) is 3.32. The predicted molar refractivity (Wildman–Crippen MR) is 103 cm³/mol. The Hall–Kier alpha value is -2.67. The molecule has 1 aromatic carbocycles. The van der Waals surface area contributed by atoms with Crippen LogP contribution < -0.4 is 10.1 Å². The van der Waals surface area contributed by atoms with Crippen LogP contribution in [0.1, 0.15) is 44.0 Å². The molecule has 1 fully saturated rings. The minimum absolute atomic E-state index is 0.0354. The fourth-order valence-electron chi connectivity index (χ4n) is 2.58. The molecule has 1 aliphatic rings. The number of hydrogen-bond donors (Lipinski definition) is 1. The lowest BCUT2D eigenvalue weighted by molar-refractivity contribution is -0.117. The number of hydrogen-bond acceptors (Lipinski definition) is 6. The van der Waals surface area contributed by atoms with Crippen molar-refractivity contribution in [3.8, 4) is 5.75 Å². The molecule has 0 unspecified atom stereocenters. The van der Waals surface area contributed by atoms with Crippen molar-refractivity contribution in [1.82, 2.24) is 0 Å². The highest BCUT2D eigenvalue weighted by atomic mass is 32.1. The van der Waals surface area contributed by atoms with Gasteiger partial charge in [0.25, 0.3) is 0 Å². The predicted octanol–water partition coefficient (Wildman–Crippen LogP) is 3.76. The summed E-state index contributed by atoms with van der Waals surface area (Å²) >= 11 is 1.35. The number of ketones is 1. The zero-order chi connectivity index (χ0) is 19.6. The van der Waals surface area contributed by atoms with Crippen molar-refractivity contribution in [2.24, 2.45) is 5.92 Å². The number of amides is 1. The van der Waals surface area contributed by atoms with Gasteiger partial charge in [-0.3, -0.25) is 9.59 Å². The molecule has 7 heteroatoms. The van der Waals surface area contributed by atoms with Crippen LogP contribution in [0.3, 0.4) is 0 Å². The highest BCUT2D eigenvalue weighted by Crippen LogP contribution is 2.36. The fourth-order valence-corrected chi connectivity index (χ4v) is 3.64. The third-order valence-corrected chi connectivity index (χ3v) is 5.64. The van der Waals surface area contributed by atoms with E-state index in [1.807, 2.05) is 6.92 Å². The van der Waals surface area contributed by atoms with Gasteiger partial charge in [-0.25, -0.2) is 4.79 Å². The number of nitrogens with one attached hydrogen (secondary N) is 1. The van der Waals surface area contributed by atoms with Crippen molar-refractivity contribution in [2.45, 2.75) is 26.7 Å². The van der Waals surface area contributed by atoms with Crippen LogP contribution in [0.5, 0.6) is 5.75 Å². The molecule has 0 bridgehead atoms. The van der Waals surface area contributed by atoms with Gasteiger partial charge in [-0.1, -0.05) is 0 Å². The van der Waals surface area contributed by atoms with Gasteiger partial charge in [-0.05, 0) is 56.5 Å². The van der Waals surface area contributed by atoms with Crippen molar-refractivity contribution < 1.29 is 23.9 Å². The van der Waals surface area contributed by atoms with Crippen molar-refractivity contribution in [2.75, 3.05) is 19.0 Å². The van der Waals surface area contributed by atoms with Crippen molar-refractivity contribution in [1.29, 1.82) is 0 Å². The van der Waals surface area contributed by atoms with Crippen LogP contribution in [0.25, 0.3) is 0 Å². The zero-order valence-electron chi connectivity index (χ0n) is 15.5.